The first-order valence-corrected chi connectivity index (χ1v) is 9.11. The summed E-state index contributed by atoms with van der Waals surface area (Å²) in [5, 5.41) is 6.44. The molecule has 2 aromatic rings. The molecule has 0 radical (unpaired) electrons. The number of benzene rings is 1. The van der Waals surface area contributed by atoms with E-state index in [4.69, 9.17) is 0 Å². The second-order valence-electron chi connectivity index (χ2n) is 6.79. The summed E-state index contributed by atoms with van der Waals surface area (Å²) >= 11 is 0. The normalized spacial score (nSPS) is 15.4. The number of nitrogens with zero attached hydrogens (tertiary/aromatic N) is 2. The molecule has 25 heavy (non-hydrogen) atoms. The molecule has 2 N–H and O–H groups in total. The number of hydrogen-bond donors (Lipinski definition) is 2. The molecule has 1 fully saturated rings. The predicted molar refractivity (Wildman–Crippen MR) is 100 cm³/mol. The van der Waals surface area contributed by atoms with Crippen molar-refractivity contribution in [3.05, 3.63) is 47.4 Å². The topological polar surface area (TPSA) is 66.9 Å². The van der Waals surface area contributed by atoms with Crippen LogP contribution in [0.15, 0.2) is 30.3 Å². The molecule has 0 saturated heterocycles. The summed E-state index contributed by atoms with van der Waals surface area (Å²) in [6, 6.07) is 10.00. The Morgan fingerprint density at radius 3 is 2.48 bits per heavy atom. The zero-order chi connectivity index (χ0) is 17.6. The highest BCUT2D eigenvalue weighted by Gasteiger charge is 2.17. The lowest BCUT2D eigenvalue weighted by atomic mass is 10.1. The van der Waals surface area contributed by atoms with E-state index in [1.165, 1.54) is 25.7 Å². The molecule has 0 spiro atoms. The van der Waals surface area contributed by atoms with Crippen LogP contribution in [-0.2, 0) is 0 Å². The van der Waals surface area contributed by atoms with Crippen molar-refractivity contribution in [1.82, 2.24) is 15.3 Å². The molecule has 132 valence electrons. The Kier molecular flexibility index (Phi) is 5.64. The Morgan fingerprint density at radius 2 is 1.76 bits per heavy atom. The predicted octanol–water partition coefficient (Wildman–Crippen LogP) is 4.29. The van der Waals surface area contributed by atoms with Gasteiger partial charge in [-0.3, -0.25) is 4.79 Å². The summed E-state index contributed by atoms with van der Waals surface area (Å²) in [6.07, 6.45) is 7.03. The highest BCUT2D eigenvalue weighted by atomic mass is 16.1. The van der Waals surface area contributed by atoms with Crippen LogP contribution in [-0.4, -0.2) is 21.9 Å². The molecule has 0 bridgehead atoms. The van der Waals surface area contributed by atoms with Crippen LogP contribution in [0, 0.1) is 13.8 Å². The lowest BCUT2D eigenvalue weighted by Gasteiger charge is -2.16. The first kappa shape index (κ1) is 17.4. The molecule has 1 heterocycles. The molecule has 1 aliphatic carbocycles. The number of aryl methyl sites for hydroxylation is 2. The number of amides is 1. The van der Waals surface area contributed by atoms with Gasteiger partial charge in [0.25, 0.3) is 5.91 Å². The minimum absolute atomic E-state index is 0.106. The van der Waals surface area contributed by atoms with Crippen molar-refractivity contribution in [3.8, 4) is 0 Å². The third kappa shape index (κ3) is 4.78. The molecule has 3 rings (SSSR count). The second kappa shape index (κ2) is 8.10. The number of rotatable bonds is 4. The van der Waals surface area contributed by atoms with Crippen LogP contribution in [0.5, 0.6) is 0 Å². The van der Waals surface area contributed by atoms with Gasteiger partial charge >= 0.3 is 0 Å². The Labute approximate surface area is 149 Å². The van der Waals surface area contributed by atoms with E-state index >= 15 is 0 Å². The van der Waals surface area contributed by atoms with Crippen molar-refractivity contribution < 1.29 is 4.79 Å². The average Bonchev–Trinajstić information content (AvgIpc) is 2.85. The molecular weight excluding hydrogens is 312 g/mol. The summed E-state index contributed by atoms with van der Waals surface area (Å²) in [4.78, 5) is 21.4. The lowest BCUT2D eigenvalue weighted by Crippen LogP contribution is -2.35. The van der Waals surface area contributed by atoms with Gasteiger partial charge in [-0.15, -0.1) is 0 Å². The van der Waals surface area contributed by atoms with Gasteiger partial charge in [-0.2, -0.15) is 0 Å². The van der Waals surface area contributed by atoms with Gasteiger partial charge in [0.05, 0.1) is 0 Å². The molecular formula is C20H26N4O. The van der Waals surface area contributed by atoms with Crippen molar-refractivity contribution in [2.75, 3.05) is 5.32 Å². The quantitative estimate of drug-likeness (QED) is 0.816. The van der Waals surface area contributed by atoms with Gasteiger partial charge in [0.2, 0.25) is 0 Å². The molecule has 0 unspecified atom stereocenters. The Morgan fingerprint density at radius 1 is 1.04 bits per heavy atom. The van der Waals surface area contributed by atoms with Crippen molar-refractivity contribution in [3.63, 3.8) is 0 Å². The van der Waals surface area contributed by atoms with Gasteiger partial charge in [0, 0.05) is 17.8 Å². The van der Waals surface area contributed by atoms with Gasteiger partial charge in [-0.05, 0) is 38.3 Å². The molecule has 1 aliphatic rings. The van der Waals surface area contributed by atoms with E-state index in [-0.39, 0.29) is 11.9 Å². The summed E-state index contributed by atoms with van der Waals surface area (Å²) in [7, 11) is 0. The third-order valence-electron chi connectivity index (χ3n) is 4.67. The van der Waals surface area contributed by atoms with Crippen molar-refractivity contribution in [2.24, 2.45) is 0 Å². The maximum atomic E-state index is 12.6. The fourth-order valence-electron chi connectivity index (χ4n) is 3.28. The van der Waals surface area contributed by atoms with Gasteiger partial charge in [0.15, 0.2) is 0 Å². The number of aromatic nitrogens is 2. The monoisotopic (exact) mass is 338 g/mol. The van der Waals surface area contributed by atoms with E-state index in [0.717, 1.165) is 24.1 Å². The fourth-order valence-corrected chi connectivity index (χ4v) is 3.28. The first-order valence-electron chi connectivity index (χ1n) is 9.11. The standard InChI is InChI=1S/C20H26N4O/c1-14-9-7-8-12-17(14)24-19-13-18(21-15(2)22-19)20(25)23-16-10-5-3-4-6-11-16/h7-9,12-13,16H,3-6,10-11H2,1-2H3,(H,23,25)(H,21,22,24). The molecule has 1 amide bonds. The summed E-state index contributed by atoms with van der Waals surface area (Å²) in [5.74, 6) is 1.13. The van der Waals surface area contributed by atoms with Crippen LogP contribution >= 0.6 is 0 Å². The molecule has 5 nitrogen and oxygen atoms in total. The maximum Gasteiger partial charge on any atom is 0.270 e. The van der Waals surface area contributed by atoms with Crippen LogP contribution in [0.25, 0.3) is 0 Å². The SMILES string of the molecule is Cc1nc(Nc2ccccc2C)cc(C(=O)NC2CCCCCC2)n1. The van der Waals surface area contributed by atoms with E-state index in [2.05, 4.69) is 20.6 Å². The lowest BCUT2D eigenvalue weighted by molar-refractivity contribution is 0.0928. The van der Waals surface area contributed by atoms with Gasteiger partial charge in [-0.25, -0.2) is 9.97 Å². The molecule has 0 aliphatic heterocycles. The molecule has 1 saturated carbocycles. The Hall–Kier alpha value is -2.43. The molecule has 5 heteroatoms. The largest absolute Gasteiger partial charge is 0.348 e. The van der Waals surface area contributed by atoms with Crippen LogP contribution in [0.3, 0.4) is 0 Å². The van der Waals surface area contributed by atoms with Crippen LogP contribution in [0.2, 0.25) is 0 Å². The fraction of sp³-hybridized carbons (Fsp3) is 0.450. The summed E-state index contributed by atoms with van der Waals surface area (Å²) in [6.45, 7) is 3.85. The van der Waals surface area contributed by atoms with Crippen LogP contribution < -0.4 is 10.6 Å². The van der Waals surface area contributed by atoms with E-state index in [1.807, 2.05) is 38.1 Å². The average molecular weight is 338 g/mol. The summed E-state index contributed by atoms with van der Waals surface area (Å²) in [5.41, 5.74) is 2.53. The van der Waals surface area contributed by atoms with Crippen LogP contribution in [0.4, 0.5) is 11.5 Å². The number of carbonyl (C=O) groups is 1. The zero-order valence-electron chi connectivity index (χ0n) is 15.0. The number of nitrogens with one attached hydrogen (secondary N) is 2. The number of hydrogen-bond acceptors (Lipinski definition) is 4. The Balaban J connectivity index is 1.74. The summed E-state index contributed by atoms with van der Waals surface area (Å²) < 4.78 is 0. The highest BCUT2D eigenvalue weighted by Crippen LogP contribution is 2.20. The van der Waals surface area contributed by atoms with E-state index in [9.17, 15) is 4.79 Å². The van der Waals surface area contributed by atoms with Gasteiger partial charge in [-0.1, -0.05) is 43.9 Å². The maximum absolute atomic E-state index is 12.6. The van der Waals surface area contributed by atoms with Crippen molar-refractivity contribution in [1.29, 1.82) is 0 Å². The van der Waals surface area contributed by atoms with Crippen molar-refractivity contribution >= 4 is 17.4 Å². The van der Waals surface area contributed by atoms with E-state index in [0.29, 0.717) is 17.3 Å². The molecule has 1 aromatic heterocycles. The first-order chi connectivity index (χ1) is 12.1. The minimum atomic E-state index is -0.106. The second-order valence-corrected chi connectivity index (χ2v) is 6.79. The number of anilines is 2. The Bertz CT molecular complexity index is 736. The van der Waals surface area contributed by atoms with E-state index < -0.39 is 0 Å². The minimum Gasteiger partial charge on any atom is -0.348 e. The van der Waals surface area contributed by atoms with Crippen molar-refractivity contribution in [2.45, 2.75) is 58.4 Å². The molecule has 1 aromatic carbocycles. The molecule has 0 atom stereocenters. The zero-order valence-corrected chi connectivity index (χ0v) is 15.0. The van der Waals surface area contributed by atoms with Gasteiger partial charge in [0.1, 0.15) is 17.3 Å². The smallest absolute Gasteiger partial charge is 0.270 e. The van der Waals surface area contributed by atoms with Crippen LogP contribution in [0.1, 0.15) is 60.4 Å². The number of carbonyl (C=O) groups excluding carboxylic acids is 1. The number of para-hydroxylation sites is 1. The highest BCUT2D eigenvalue weighted by molar-refractivity contribution is 5.93. The third-order valence-corrected chi connectivity index (χ3v) is 4.67. The van der Waals surface area contributed by atoms with E-state index in [1.54, 1.807) is 6.07 Å². The van der Waals surface area contributed by atoms with Gasteiger partial charge < -0.3 is 10.6 Å².